The van der Waals surface area contributed by atoms with Gasteiger partial charge in [-0.05, 0) is 96.3 Å². The number of phosphoric ester groups is 1. The average molecular weight is 1090 g/mol. The van der Waals surface area contributed by atoms with Crippen molar-refractivity contribution in [3.05, 3.63) is 85.1 Å². The van der Waals surface area contributed by atoms with Crippen LogP contribution in [0.15, 0.2) is 85.1 Å². The lowest BCUT2D eigenvalue weighted by Gasteiger charge is -2.21. The van der Waals surface area contributed by atoms with E-state index in [1.165, 1.54) is 96.3 Å². The molecule has 0 bridgehead atoms. The molecule has 0 aromatic heterocycles. The third kappa shape index (κ3) is 55.4. The third-order valence-electron chi connectivity index (χ3n) is 12.8. The van der Waals surface area contributed by atoms with E-state index in [4.69, 9.17) is 23.3 Å². The zero-order valence-electron chi connectivity index (χ0n) is 48.5. The van der Waals surface area contributed by atoms with Gasteiger partial charge in [-0.2, -0.15) is 0 Å². The minimum Gasteiger partial charge on any atom is -0.462 e. The number of unbranched alkanes of at least 4 members (excludes halogenated alkanes) is 25. The molecule has 0 aliphatic rings. The summed E-state index contributed by atoms with van der Waals surface area (Å²) in [6.45, 7) is 4.48. The Bertz CT molecular complexity index is 1600. The van der Waals surface area contributed by atoms with E-state index in [0.717, 1.165) is 109 Å². The topological polar surface area (TPSA) is 155 Å². The Hall–Kier alpha value is -3.34. The summed E-state index contributed by atoms with van der Waals surface area (Å²) < 4.78 is 39.6. The number of ether oxygens (including phenoxy) is 3. The van der Waals surface area contributed by atoms with E-state index in [2.05, 4.69) is 106 Å². The Morgan fingerprint density at radius 3 is 1.09 bits per heavy atom. The number of hydrogen-bond donors (Lipinski definition) is 2. The Labute approximate surface area is 464 Å². The lowest BCUT2D eigenvalue weighted by Crippen LogP contribution is -2.30. The summed E-state index contributed by atoms with van der Waals surface area (Å²) in [4.78, 5) is 48.6. The van der Waals surface area contributed by atoms with Crippen LogP contribution < -0.4 is 0 Å². The summed E-state index contributed by atoms with van der Waals surface area (Å²) in [6.07, 6.45) is 66.7. The predicted octanol–water partition coefficient (Wildman–Crippen LogP) is 18.3. The monoisotopic (exact) mass is 1090 g/mol. The molecule has 0 fully saturated rings. The SMILES string of the molecule is CC/C=C\C/C=C\C/C=C\C/C=C\C/C=C\CCCCCC(=O)OC(COC(=O)CCCCCCCCC/C=C\C/C=C\CCCCC)COP(=O)(O)OCC(CO)OC(=O)CCCCCCCCCCCCCCC. The van der Waals surface area contributed by atoms with Crippen molar-refractivity contribution in [1.29, 1.82) is 0 Å². The Morgan fingerprint density at radius 1 is 0.382 bits per heavy atom. The zero-order chi connectivity index (χ0) is 55.5. The van der Waals surface area contributed by atoms with Crippen molar-refractivity contribution in [2.24, 2.45) is 0 Å². The summed E-state index contributed by atoms with van der Waals surface area (Å²) in [5.41, 5.74) is 0. The molecule has 2 N–H and O–H groups in total. The molecular formula is C64H111O11P. The molecule has 0 aliphatic heterocycles. The summed E-state index contributed by atoms with van der Waals surface area (Å²) in [5.74, 6) is -1.51. The van der Waals surface area contributed by atoms with Gasteiger partial charge in [-0.25, -0.2) is 4.57 Å². The first-order valence-corrected chi connectivity index (χ1v) is 32.0. The minimum absolute atomic E-state index is 0.125. The molecule has 11 nitrogen and oxygen atoms in total. The van der Waals surface area contributed by atoms with Gasteiger partial charge in [0, 0.05) is 19.3 Å². The molecule has 0 saturated heterocycles. The first kappa shape index (κ1) is 72.7. The summed E-state index contributed by atoms with van der Waals surface area (Å²) in [5, 5.41) is 9.82. The maximum Gasteiger partial charge on any atom is 0.472 e. The van der Waals surface area contributed by atoms with Gasteiger partial charge >= 0.3 is 25.7 Å². The van der Waals surface area contributed by atoms with Gasteiger partial charge in [0.15, 0.2) is 6.10 Å². The number of rotatable bonds is 56. The molecule has 12 heteroatoms. The quantitative estimate of drug-likeness (QED) is 0.0197. The largest absolute Gasteiger partial charge is 0.472 e. The number of aliphatic hydroxyl groups is 1. The van der Waals surface area contributed by atoms with Gasteiger partial charge in [-0.3, -0.25) is 23.4 Å². The lowest BCUT2D eigenvalue weighted by atomic mass is 10.0. The van der Waals surface area contributed by atoms with Crippen LogP contribution in [-0.4, -0.2) is 66.5 Å². The second kappa shape index (κ2) is 57.8. The van der Waals surface area contributed by atoms with E-state index >= 15 is 0 Å². The number of carbonyl (C=O) groups is 3. The van der Waals surface area contributed by atoms with Gasteiger partial charge in [-0.1, -0.05) is 234 Å². The number of phosphoric acid groups is 1. The van der Waals surface area contributed by atoms with Gasteiger partial charge in [0.2, 0.25) is 0 Å². The molecule has 0 rings (SSSR count). The molecule has 0 amide bonds. The second-order valence-electron chi connectivity index (χ2n) is 20.1. The molecule has 0 aliphatic carbocycles. The number of carbonyl (C=O) groups excluding carboxylic acids is 3. The van der Waals surface area contributed by atoms with E-state index in [1.807, 2.05) is 0 Å². The van der Waals surface area contributed by atoms with Crippen molar-refractivity contribution >= 4 is 25.7 Å². The summed E-state index contributed by atoms with van der Waals surface area (Å²) >= 11 is 0. The molecule has 3 atom stereocenters. The Balaban J connectivity index is 4.79. The van der Waals surface area contributed by atoms with E-state index < -0.39 is 57.8 Å². The molecule has 0 aromatic rings. The number of hydrogen-bond acceptors (Lipinski definition) is 10. The summed E-state index contributed by atoms with van der Waals surface area (Å²) in [6, 6.07) is 0. The van der Waals surface area contributed by atoms with Gasteiger partial charge in [0.1, 0.15) is 12.7 Å². The van der Waals surface area contributed by atoms with E-state index in [0.29, 0.717) is 19.3 Å². The smallest absolute Gasteiger partial charge is 0.462 e. The Kier molecular flexibility index (Phi) is 55.3. The van der Waals surface area contributed by atoms with Gasteiger partial charge in [0.05, 0.1) is 19.8 Å². The van der Waals surface area contributed by atoms with Crippen LogP contribution in [0.1, 0.15) is 265 Å². The fourth-order valence-corrected chi connectivity index (χ4v) is 8.96. The number of aliphatic hydroxyl groups excluding tert-OH is 1. The van der Waals surface area contributed by atoms with Crippen molar-refractivity contribution in [3.8, 4) is 0 Å². The molecule has 0 radical (unpaired) electrons. The van der Waals surface area contributed by atoms with Crippen LogP contribution in [-0.2, 0) is 42.2 Å². The Morgan fingerprint density at radius 2 is 0.684 bits per heavy atom. The highest BCUT2D eigenvalue weighted by atomic mass is 31.2. The fraction of sp³-hybridized carbons (Fsp3) is 0.734. The van der Waals surface area contributed by atoms with Crippen LogP contribution in [0.5, 0.6) is 0 Å². The maximum atomic E-state index is 12.9. The van der Waals surface area contributed by atoms with Crippen LogP contribution in [0, 0.1) is 0 Å². The average Bonchev–Trinajstić information content (AvgIpc) is 3.41. The number of esters is 3. The second-order valence-corrected chi connectivity index (χ2v) is 21.6. The maximum absolute atomic E-state index is 12.9. The molecule has 0 aromatic carbocycles. The fourth-order valence-electron chi connectivity index (χ4n) is 8.18. The summed E-state index contributed by atoms with van der Waals surface area (Å²) in [7, 11) is -4.76. The normalized spacial score (nSPS) is 13.9. The van der Waals surface area contributed by atoms with Crippen molar-refractivity contribution in [3.63, 3.8) is 0 Å². The standard InChI is InChI=1S/C64H111O11P/c1-4-7-10-13-16-19-22-25-27-29-30-32-34-37-40-43-46-49-52-55-64(68)75-61(57-71-62(66)53-50-47-44-41-38-36-33-31-28-26-23-20-17-14-11-8-5-2)59-73-76(69,70)72-58-60(56-65)74-63(67)54-51-48-45-42-39-35-24-21-18-15-12-9-6-3/h7,10,16-17,19-20,25-28,30,32,37,40,60-61,65H,4-6,8-9,11-15,18,21-24,29,31,33-36,38-39,41-59H2,1-3H3,(H,69,70)/b10-7-,19-16-,20-17-,27-25-,28-26-,32-30-,40-37-. The molecule has 0 heterocycles. The first-order chi connectivity index (χ1) is 37.2. The van der Waals surface area contributed by atoms with E-state index in [-0.39, 0.29) is 25.9 Å². The van der Waals surface area contributed by atoms with Crippen LogP contribution in [0.3, 0.4) is 0 Å². The highest BCUT2D eigenvalue weighted by Crippen LogP contribution is 2.43. The zero-order valence-corrected chi connectivity index (χ0v) is 49.3. The first-order valence-electron chi connectivity index (χ1n) is 30.5. The van der Waals surface area contributed by atoms with Gasteiger partial charge < -0.3 is 24.2 Å². The van der Waals surface area contributed by atoms with Crippen molar-refractivity contribution in [2.75, 3.05) is 26.4 Å². The van der Waals surface area contributed by atoms with Crippen molar-refractivity contribution < 1.29 is 52.2 Å². The van der Waals surface area contributed by atoms with Gasteiger partial charge in [-0.15, -0.1) is 0 Å². The highest BCUT2D eigenvalue weighted by Gasteiger charge is 2.28. The molecular weight excluding hydrogens is 976 g/mol. The van der Waals surface area contributed by atoms with E-state index in [9.17, 15) is 28.9 Å². The molecule has 438 valence electrons. The lowest BCUT2D eigenvalue weighted by molar-refractivity contribution is -0.161. The van der Waals surface area contributed by atoms with Gasteiger partial charge in [0.25, 0.3) is 0 Å². The number of allylic oxidation sites excluding steroid dienone is 14. The van der Waals surface area contributed by atoms with Crippen LogP contribution in [0.2, 0.25) is 0 Å². The van der Waals surface area contributed by atoms with Crippen LogP contribution >= 0.6 is 7.82 Å². The van der Waals surface area contributed by atoms with Crippen molar-refractivity contribution in [2.45, 2.75) is 277 Å². The van der Waals surface area contributed by atoms with Crippen molar-refractivity contribution in [1.82, 2.24) is 0 Å². The van der Waals surface area contributed by atoms with Crippen LogP contribution in [0.4, 0.5) is 0 Å². The predicted molar refractivity (Wildman–Crippen MR) is 316 cm³/mol. The van der Waals surface area contributed by atoms with Crippen LogP contribution in [0.25, 0.3) is 0 Å². The molecule has 3 unspecified atom stereocenters. The third-order valence-corrected chi connectivity index (χ3v) is 13.8. The molecule has 0 saturated carbocycles. The molecule has 0 spiro atoms. The molecule has 76 heavy (non-hydrogen) atoms. The minimum atomic E-state index is -4.76. The van der Waals surface area contributed by atoms with E-state index in [1.54, 1.807) is 0 Å². The highest BCUT2D eigenvalue weighted by molar-refractivity contribution is 7.47.